The molecule has 1 aromatic heterocycles. The van der Waals surface area contributed by atoms with Gasteiger partial charge in [-0.25, -0.2) is 4.99 Å². The molecule has 1 saturated heterocycles. The van der Waals surface area contributed by atoms with Gasteiger partial charge < -0.3 is 5.32 Å². The predicted molar refractivity (Wildman–Crippen MR) is 91.3 cm³/mol. The molecule has 1 fully saturated rings. The van der Waals surface area contributed by atoms with Gasteiger partial charge in [-0.1, -0.05) is 23.7 Å². The molecular formula is C15H11ClN2OS2. The van der Waals surface area contributed by atoms with Crippen molar-refractivity contribution in [1.29, 1.82) is 0 Å². The number of amidine groups is 1. The maximum Gasteiger partial charge on any atom is 0.264 e. The fraction of sp³-hybridized carbons (Fsp3) is 0.0667. The predicted octanol–water partition coefficient (Wildman–Crippen LogP) is 4.60. The van der Waals surface area contributed by atoms with Gasteiger partial charge in [-0.05, 0) is 53.9 Å². The molecule has 3 rings (SSSR count). The first kappa shape index (κ1) is 14.4. The highest BCUT2D eigenvalue weighted by Gasteiger charge is 2.24. The number of aliphatic imine (C=N–C) groups is 1. The lowest BCUT2D eigenvalue weighted by Gasteiger charge is -2.02. The van der Waals surface area contributed by atoms with Crippen molar-refractivity contribution in [3.8, 4) is 0 Å². The maximum absolute atomic E-state index is 12.0. The van der Waals surface area contributed by atoms with Gasteiger partial charge in [-0.15, -0.1) is 11.3 Å². The molecule has 21 heavy (non-hydrogen) atoms. The molecule has 0 unspecified atom stereocenters. The molecule has 0 spiro atoms. The Labute approximate surface area is 135 Å². The second-order valence-electron chi connectivity index (χ2n) is 4.38. The highest BCUT2D eigenvalue weighted by molar-refractivity contribution is 8.18. The zero-order valence-corrected chi connectivity index (χ0v) is 13.5. The summed E-state index contributed by atoms with van der Waals surface area (Å²) in [4.78, 5) is 18.1. The molecule has 1 N–H and O–H groups in total. The zero-order valence-electron chi connectivity index (χ0n) is 11.1. The van der Waals surface area contributed by atoms with E-state index in [9.17, 15) is 4.79 Å². The van der Waals surface area contributed by atoms with Crippen LogP contribution in [-0.2, 0) is 4.79 Å². The average Bonchev–Trinajstić information content (AvgIpc) is 3.07. The van der Waals surface area contributed by atoms with E-state index in [1.165, 1.54) is 11.8 Å². The normalized spacial score (nSPS) is 18.5. The summed E-state index contributed by atoms with van der Waals surface area (Å²) in [7, 11) is 0. The number of nitrogens with zero attached hydrogens (tertiary/aromatic N) is 1. The van der Waals surface area contributed by atoms with Gasteiger partial charge in [0.1, 0.15) is 0 Å². The number of hydrogen-bond donors (Lipinski definition) is 1. The minimum absolute atomic E-state index is 0.119. The summed E-state index contributed by atoms with van der Waals surface area (Å²) < 4.78 is 0. The van der Waals surface area contributed by atoms with E-state index in [2.05, 4.69) is 10.3 Å². The van der Waals surface area contributed by atoms with Gasteiger partial charge in [-0.3, -0.25) is 4.79 Å². The van der Waals surface area contributed by atoms with Crippen LogP contribution < -0.4 is 5.32 Å². The second kappa shape index (κ2) is 6.05. The lowest BCUT2D eigenvalue weighted by atomic mass is 10.2. The molecule has 0 atom stereocenters. The minimum Gasteiger partial charge on any atom is -0.300 e. The van der Waals surface area contributed by atoms with Crippen molar-refractivity contribution < 1.29 is 4.79 Å². The third kappa shape index (κ3) is 3.20. The van der Waals surface area contributed by atoms with E-state index in [0.717, 1.165) is 16.1 Å². The third-order valence-corrected chi connectivity index (χ3v) is 5.07. The SMILES string of the molecule is Cc1c(Cl)cccc1N=C1NC(=O)/C(=C\c2cccs2)S1. The van der Waals surface area contributed by atoms with Gasteiger partial charge in [0.2, 0.25) is 0 Å². The summed E-state index contributed by atoms with van der Waals surface area (Å²) in [5, 5.41) is 6.00. The summed E-state index contributed by atoms with van der Waals surface area (Å²) in [5.74, 6) is -0.119. The van der Waals surface area contributed by atoms with Crippen LogP contribution in [0.3, 0.4) is 0 Å². The number of amides is 1. The van der Waals surface area contributed by atoms with Crippen molar-refractivity contribution in [2.75, 3.05) is 0 Å². The Morgan fingerprint density at radius 1 is 1.29 bits per heavy atom. The van der Waals surface area contributed by atoms with Crippen molar-refractivity contribution in [2.45, 2.75) is 6.92 Å². The fourth-order valence-electron chi connectivity index (χ4n) is 1.81. The van der Waals surface area contributed by atoms with Crippen LogP contribution in [-0.4, -0.2) is 11.1 Å². The van der Waals surface area contributed by atoms with Gasteiger partial charge in [0, 0.05) is 9.90 Å². The van der Waals surface area contributed by atoms with E-state index < -0.39 is 0 Å². The van der Waals surface area contributed by atoms with Crippen molar-refractivity contribution >= 4 is 57.5 Å². The second-order valence-corrected chi connectivity index (χ2v) is 6.80. The number of carbonyl (C=O) groups is 1. The molecule has 2 heterocycles. The molecule has 0 saturated carbocycles. The number of carbonyl (C=O) groups excluding carboxylic acids is 1. The Hall–Kier alpha value is -1.56. The summed E-state index contributed by atoms with van der Waals surface area (Å²) >= 11 is 9.01. The summed E-state index contributed by atoms with van der Waals surface area (Å²) in [5.41, 5.74) is 1.67. The smallest absolute Gasteiger partial charge is 0.264 e. The average molecular weight is 335 g/mol. The largest absolute Gasteiger partial charge is 0.300 e. The number of benzene rings is 1. The molecule has 2 aromatic rings. The van der Waals surface area contributed by atoms with Crippen molar-refractivity contribution in [2.24, 2.45) is 4.99 Å². The number of thiophene rings is 1. The molecule has 3 nitrogen and oxygen atoms in total. The summed E-state index contributed by atoms with van der Waals surface area (Å²) in [6, 6.07) is 9.48. The summed E-state index contributed by atoms with van der Waals surface area (Å²) in [6.07, 6.45) is 1.87. The van der Waals surface area contributed by atoms with Crippen LogP contribution in [0.2, 0.25) is 5.02 Å². The standard InChI is InChI=1S/C15H11ClN2OS2/c1-9-11(16)5-2-6-12(9)17-15-18-14(19)13(21-15)8-10-4-3-7-20-10/h2-8H,1H3,(H,17,18,19)/b13-8+. The van der Waals surface area contributed by atoms with Crippen molar-refractivity contribution in [3.05, 3.63) is 56.1 Å². The van der Waals surface area contributed by atoms with E-state index in [4.69, 9.17) is 11.6 Å². The number of hydrogen-bond acceptors (Lipinski definition) is 4. The van der Waals surface area contributed by atoms with Crippen LogP contribution in [0.25, 0.3) is 6.08 Å². The molecule has 1 aromatic carbocycles. The molecule has 6 heteroatoms. The molecule has 1 aliphatic rings. The number of halogens is 1. The Morgan fingerprint density at radius 2 is 2.14 bits per heavy atom. The lowest BCUT2D eigenvalue weighted by molar-refractivity contribution is -0.115. The topological polar surface area (TPSA) is 41.5 Å². The quantitative estimate of drug-likeness (QED) is 0.815. The first-order chi connectivity index (χ1) is 10.1. The van der Waals surface area contributed by atoms with Crippen molar-refractivity contribution in [3.63, 3.8) is 0 Å². The molecule has 1 amide bonds. The fourth-order valence-corrected chi connectivity index (χ4v) is 3.54. The summed E-state index contributed by atoms with van der Waals surface area (Å²) in [6.45, 7) is 1.91. The maximum atomic E-state index is 12.0. The van der Waals surface area contributed by atoms with Crippen LogP contribution >= 0.6 is 34.7 Å². The number of nitrogens with one attached hydrogen (secondary N) is 1. The molecule has 0 radical (unpaired) electrons. The molecule has 1 aliphatic heterocycles. The minimum atomic E-state index is -0.119. The Balaban J connectivity index is 1.87. The van der Waals surface area contributed by atoms with Gasteiger partial charge in [-0.2, -0.15) is 0 Å². The highest BCUT2D eigenvalue weighted by atomic mass is 35.5. The van der Waals surface area contributed by atoms with Gasteiger partial charge in [0.05, 0.1) is 10.6 Å². The molecule has 106 valence electrons. The van der Waals surface area contributed by atoms with Gasteiger partial charge in [0.25, 0.3) is 5.91 Å². The molecular weight excluding hydrogens is 324 g/mol. The van der Waals surface area contributed by atoms with Crippen LogP contribution in [0.1, 0.15) is 10.4 Å². The highest BCUT2D eigenvalue weighted by Crippen LogP contribution is 2.31. The first-order valence-electron chi connectivity index (χ1n) is 6.22. The van der Waals surface area contributed by atoms with Crippen LogP contribution in [0.5, 0.6) is 0 Å². The lowest BCUT2D eigenvalue weighted by Crippen LogP contribution is -2.19. The van der Waals surface area contributed by atoms with Crippen LogP contribution in [0.4, 0.5) is 5.69 Å². The van der Waals surface area contributed by atoms with Crippen LogP contribution in [0.15, 0.2) is 45.6 Å². The van der Waals surface area contributed by atoms with Gasteiger partial charge in [0.15, 0.2) is 5.17 Å². The van der Waals surface area contributed by atoms with Crippen LogP contribution in [0, 0.1) is 6.92 Å². The third-order valence-electron chi connectivity index (χ3n) is 2.93. The van der Waals surface area contributed by atoms with E-state index in [1.807, 2.05) is 48.7 Å². The van der Waals surface area contributed by atoms with E-state index >= 15 is 0 Å². The Morgan fingerprint density at radius 3 is 2.90 bits per heavy atom. The Kier molecular flexibility index (Phi) is 4.14. The molecule has 0 bridgehead atoms. The molecule has 0 aliphatic carbocycles. The zero-order chi connectivity index (χ0) is 14.8. The van der Waals surface area contributed by atoms with E-state index in [0.29, 0.717) is 15.1 Å². The number of rotatable bonds is 2. The van der Waals surface area contributed by atoms with Crippen molar-refractivity contribution in [1.82, 2.24) is 5.32 Å². The van der Waals surface area contributed by atoms with E-state index in [1.54, 1.807) is 11.3 Å². The number of thioether (sulfide) groups is 1. The Bertz CT molecular complexity index is 751. The first-order valence-corrected chi connectivity index (χ1v) is 8.29. The van der Waals surface area contributed by atoms with Gasteiger partial charge >= 0.3 is 0 Å². The van der Waals surface area contributed by atoms with E-state index in [-0.39, 0.29) is 5.91 Å². The monoisotopic (exact) mass is 334 g/mol.